The lowest BCUT2D eigenvalue weighted by Gasteiger charge is -2.37. The normalized spacial score (nSPS) is 26.7. The maximum Gasteiger partial charge on any atom is 0.151 e. The van der Waals surface area contributed by atoms with Gasteiger partial charge in [-0.2, -0.15) is 0 Å². The molecular weight excluding hydrogens is 330 g/mol. The van der Waals surface area contributed by atoms with Crippen molar-refractivity contribution >= 4 is 21.2 Å². The van der Waals surface area contributed by atoms with Crippen molar-refractivity contribution < 1.29 is 8.42 Å². The van der Waals surface area contributed by atoms with Crippen LogP contribution in [0.2, 0.25) is 0 Å². The zero-order valence-electron chi connectivity index (χ0n) is 14.3. The van der Waals surface area contributed by atoms with E-state index in [0.717, 1.165) is 39.1 Å². The highest BCUT2D eigenvalue weighted by atomic mass is 32.2. The summed E-state index contributed by atoms with van der Waals surface area (Å²) < 4.78 is 23.3. The lowest BCUT2D eigenvalue weighted by molar-refractivity contribution is 0.0999. The van der Waals surface area contributed by atoms with Gasteiger partial charge in [-0.05, 0) is 6.42 Å². The summed E-state index contributed by atoms with van der Waals surface area (Å²) in [6, 6.07) is 0.245. The molecule has 0 spiro atoms. The van der Waals surface area contributed by atoms with E-state index in [-0.39, 0.29) is 11.5 Å². The van der Waals surface area contributed by atoms with Crippen LogP contribution in [0.5, 0.6) is 0 Å². The summed E-state index contributed by atoms with van der Waals surface area (Å²) in [5.74, 6) is 0.723. The van der Waals surface area contributed by atoms with Gasteiger partial charge in [0.15, 0.2) is 9.84 Å². The predicted octanol–water partition coefficient (Wildman–Crippen LogP) is 1.75. The number of nitrogens with zero attached hydrogens (tertiary/aromatic N) is 3. The Morgan fingerprint density at radius 2 is 1.96 bits per heavy atom. The Hall–Kier alpha value is -0.500. The molecule has 5 nitrogen and oxygen atoms in total. The summed E-state index contributed by atoms with van der Waals surface area (Å²) in [6.07, 6.45) is 0.809. The van der Waals surface area contributed by atoms with Gasteiger partial charge >= 0.3 is 0 Å². The number of sulfone groups is 1. The molecule has 3 rings (SSSR count). The molecule has 0 N–H and O–H groups in total. The summed E-state index contributed by atoms with van der Waals surface area (Å²) in [7, 11) is -2.78. The topological polar surface area (TPSA) is 53.5 Å². The van der Waals surface area contributed by atoms with E-state index in [4.69, 9.17) is 4.98 Å². The van der Waals surface area contributed by atoms with Gasteiger partial charge in [-0.15, -0.1) is 11.3 Å². The zero-order valence-corrected chi connectivity index (χ0v) is 15.9. The highest BCUT2D eigenvalue weighted by Crippen LogP contribution is 2.25. The summed E-state index contributed by atoms with van der Waals surface area (Å²) in [5, 5.41) is 3.36. The molecular formula is C16H27N3O2S2. The van der Waals surface area contributed by atoms with Crippen molar-refractivity contribution in [2.24, 2.45) is 0 Å². The molecule has 2 fully saturated rings. The summed E-state index contributed by atoms with van der Waals surface area (Å²) in [5.41, 5.74) is 1.29. The molecule has 1 aromatic heterocycles. The van der Waals surface area contributed by atoms with Gasteiger partial charge in [0, 0.05) is 43.0 Å². The van der Waals surface area contributed by atoms with Crippen LogP contribution in [-0.2, 0) is 21.8 Å². The van der Waals surface area contributed by atoms with Gasteiger partial charge in [0.25, 0.3) is 0 Å². The Balaban J connectivity index is 1.51. The van der Waals surface area contributed by atoms with E-state index in [1.807, 2.05) is 0 Å². The van der Waals surface area contributed by atoms with Crippen molar-refractivity contribution in [3.05, 3.63) is 16.1 Å². The Labute approximate surface area is 143 Å². The largest absolute Gasteiger partial charge is 0.297 e. The molecule has 1 aromatic rings. The number of hydrogen-bond donors (Lipinski definition) is 0. The molecule has 7 heteroatoms. The fourth-order valence-corrected chi connectivity index (χ4v) is 6.09. The Bertz CT molecular complexity index is 641. The minimum absolute atomic E-state index is 0.113. The van der Waals surface area contributed by atoms with Crippen LogP contribution in [0.1, 0.15) is 37.9 Å². The lowest BCUT2D eigenvalue weighted by Crippen LogP contribution is -2.50. The Kier molecular flexibility index (Phi) is 4.84. The van der Waals surface area contributed by atoms with Crippen LogP contribution in [0.3, 0.4) is 0 Å². The first-order valence-electron chi connectivity index (χ1n) is 8.35. The first-order valence-corrected chi connectivity index (χ1v) is 11.0. The first kappa shape index (κ1) is 17.3. The molecule has 3 heterocycles. The molecule has 0 radical (unpaired) electrons. The van der Waals surface area contributed by atoms with Gasteiger partial charge in [-0.1, -0.05) is 20.8 Å². The minimum Gasteiger partial charge on any atom is -0.297 e. The molecule has 2 saturated heterocycles. The van der Waals surface area contributed by atoms with E-state index in [1.165, 1.54) is 10.7 Å². The van der Waals surface area contributed by atoms with E-state index in [1.54, 1.807) is 11.3 Å². The van der Waals surface area contributed by atoms with E-state index >= 15 is 0 Å². The van der Waals surface area contributed by atoms with Crippen LogP contribution in [0.25, 0.3) is 0 Å². The van der Waals surface area contributed by atoms with Crippen LogP contribution >= 0.6 is 11.3 Å². The average Bonchev–Trinajstić information content (AvgIpc) is 3.06. The minimum atomic E-state index is -2.78. The number of piperazine rings is 1. The van der Waals surface area contributed by atoms with Crippen LogP contribution in [0.15, 0.2) is 5.38 Å². The molecule has 130 valence electrons. The number of rotatable bonds is 3. The molecule has 0 unspecified atom stereocenters. The summed E-state index contributed by atoms with van der Waals surface area (Å²) >= 11 is 1.75. The Morgan fingerprint density at radius 3 is 2.48 bits per heavy atom. The van der Waals surface area contributed by atoms with Gasteiger partial charge in [0.05, 0.1) is 23.7 Å². The van der Waals surface area contributed by atoms with E-state index in [9.17, 15) is 8.42 Å². The second-order valence-corrected chi connectivity index (χ2v) is 10.9. The van der Waals surface area contributed by atoms with Crippen LogP contribution < -0.4 is 0 Å². The predicted molar refractivity (Wildman–Crippen MR) is 94.7 cm³/mol. The molecule has 0 aliphatic carbocycles. The number of aromatic nitrogens is 1. The highest BCUT2D eigenvalue weighted by Gasteiger charge is 2.33. The van der Waals surface area contributed by atoms with Crippen molar-refractivity contribution in [1.82, 2.24) is 14.8 Å². The van der Waals surface area contributed by atoms with E-state index in [0.29, 0.717) is 11.5 Å². The molecule has 0 bridgehead atoms. The molecule has 1 atom stereocenters. The summed E-state index contributed by atoms with van der Waals surface area (Å²) in [4.78, 5) is 9.58. The summed E-state index contributed by atoms with van der Waals surface area (Å²) in [6.45, 7) is 11.4. The second-order valence-electron chi connectivity index (χ2n) is 7.75. The van der Waals surface area contributed by atoms with E-state index < -0.39 is 9.84 Å². The maximum absolute atomic E-state index is 11.6. The van der Waals surface area contributed by atoms with Crippen molar-refractivity contribution in [2.45, 2.75) is 45.2 Å². The third-order valence-corrected chi connectivity index (χ3v) is 7.39. The standard InChI is InChI=1S/C16H27N3O2S2/c1-16(2,3)14-11-22-15(17-14)10-18-5-7-19(8-6-18)13-4-9-23(20,21)12-13/h11,13H,4-10,12H2,1-3H3/t13-/m1/s1. The third-order valence-electron chi connectivity index (χ3n) is 4.81. The van der Waals surface area contributed by atoms with Crippen LogP contribution in [0.4, 0.5) is 0 Å². The van der Waals surface area contributed by atoms with Gasteiger partial charge in [-0.25, -0.2) is 13.4 Å². The molecule has 23 heavy (non-hydrogen) atoms. The fraction of sp³-hybridized carbons (Fsp3) is 0.812. The Morgan fingerprint density at radius 1 is 1.26 bits per heavy atom. The van der Waals surface area contributed by atoms with Crippen molar-refractivity contribution in [3.63, 3.8) is 0 Å². The molecule has 0 aromatic carbocycles. The van der Waals surface area contributed by atoms with Crippen molar-refractivity contribution in [2.75, 3.05) is 37.7 Å². The third kappa shape index (κ3) is 4.32. The fourth-order valence-electron chi connectivity index (χ4n) is 3.27. The second kappa shape index (κ2) is 6.43. The van der Waals surface area contributed by atoms with E-state index in [2.05, 4.69) is 36.0 Å². The number of hydrogen-bond acceptors (Lipinski definition) is 6. The maximum atomic E-state index is 11.6. The quantitative estimate of drug-likeness (QED) is 0.825. The average molecular weight is 358 g/mol. The highest BCUT2D eigenvalue weighted by molar-refractivity contribution is 7.91. The molecule has 0 saturated carbocycles. The van der Waals surface area contributed by atoms with Gasteiger partial charge in [0.1, 0.15) is 5.01 Å². The van der Waals surface area contributed by atoms with Gasteiger partial charge in [-0.3, -0.25) is 9.80 Å². The lowest BCUT2D eigenvalue weighted by atomic mass is 9.93. The van der Waals surface area contributed by atoms with Crippen molar-refractivity contribution in [3.8, 4) is 0 Å². The molecule has 0 amide bonds. The molecule has 2 aliphatic rings. The van der Waals surface area contributed by atoms with Crippen LogP contribution in [-0.4, -0.2) is 66.9 Å². The van der Waals surface area contributed by atoms with Crippen molar-refractivity contribution in [1.29, 1.82) is 0 Å². The smallest absolute Gasteiger partial charge is 0.151 e. The first-order chi connectivity index (χ1) is 10.7. The van der Waals surface area contributed by atoms with Crippen LogP contribution in [0, 0.1) is 0 Å². The number of thiazole rings is 1. The zero-order chi connectivity index (χ0) is 16.7. The van der Waals surface area contributed by atoms with Gasteiger partial charge in [0.2, 0.25) is 0 Å². The van der Waals surface area contributed by atoms with Gasteiger partial charge < -0.3 is 0 Å². The monoisotopic (exact) mass is 357 g/mol. The SMILES string of the molecule is CC(C)(C)c1csc(CN2CCN([C@@H]3CCS(=O)(=O)C3)CC2)n1. The molecule has 2 aliphatic heterocycles.